The van der Waals surface area contributed by atoms with E-state index in [0.717, 1.165) is 35.2 Å². The number of fused-ring (bicyclic) bond motifs is 1. The van der Waals surface area contributed by atoms with E-state index in [1.807, 2.05) is 89.5 Å². The molecule has 0 radical (unpaired) electrons. The molecule has 0 spiro atoms. The lowest BCUT2D eigenvalue weighted by Crippen LogP contribution is -2.40. The van der Waals surface area contributed by atoms with Crippen LogP contribution >= 0.6 is 0 Å². The molecular formula is C29H33N3O3. The van der Waals surface area contributed by atoms with Gasteiger partial charge in [-0.3, -0.25) is 4.79 Å². The Morgan fingerprint density at radius 1 is 0.943 bits per heavy atom. The predicted octanol–water partition coefficient (Wildman–Crippen LogP) is 4.64. The number of likely N-dealkylation sites (N-methyl/N-ethyl adjacent to an activating group) is 1. The molecule has 1 atom stereocenters. The Morgan fingerprint density at radius 2 is 1.57 bits per heavy atom. The Morgan fingerprint density at radius 3 is 2.26 bits per heavy atom. The van der Waals surface area contributed by atoms with Gasteiger partial charge in [-0.15, -0.1) is 0 Å². The highest BCUT2D eigenvalue weighted by atomic mass is 16.5. The van der Waals surface area contributed by atoms with Crippen LogP contribution in [0.15, 0.2) is 84.9 Å². The van der Waals surface area contributed by atoms with Gasteiger partial charge in [0.15, 0.2) is 11.4 Å². The van der Waals surface area contributed by atoms with Crippen LogP contribution in [0.4, 0.5) is 0 Å². The summed E-state index contributed by atoms with van der Waals surface area (Å²) in [5, 5.41) is 14.3. The zero-order chi connectivity index (χ0) is 24.6. The summed E-state index contributed by atoms with van der Waals surface area (Å²) in [5.41, 5.74) is 3.19. The van der Waals surface area contributed by atoms with Crippen LogP contribution in [-0.2, 0) is 6.61 Å². The van der Waals surface area contributed by atoms with E-state index in [1.165, 1.54) is 0 Å². The van der Waals surface area contributed by atoms with Crippen molar-refractivity contribution >= 4 is 16.8 Å². The van der Waals surface area contributed by atoms with Crippen LogP contribution < -0.4 is 10.1 Å². The highest BCUT2D eigenvalue weighted by Gasteiger charge is 2.25. The summed E-state index contributed by atoms with van der Waals surface area (Å²) in [5.74, 6) is 0.246. The lowest BCUT2D eigenvalue weighted by molar-refractivity contribution is 0.0860. The molecule has 0 aliphatic carbocycles. The topological polar surface area (TPSA) is 66.7 Å². The third kappa shape index (κ3) is 5.73. The van der Waals surface area contributed by atoms with Crippen molar-refractivity contribution in [2.75, 3.05) is 26.2 Å². The number of rotatable bonds is 11. The molecule has 182 valence electrons. The second-order valence-electron chi connectivity index (χ2n) is 8.49. The van der Waals surface area contributed by atoms with Gasteiger partial charge in [0.1, 0.15) is 6.61 Å². The molecule has 35 heavy (non-hydrogen) atoms. The van der Waals surface area contributed by atoms with E-state index in [-0.39, 0.29) is 12.5 Å². The molecule has 0 fully saturated rings. The number of aliphatic hydroxyl groups excluding tert-OH is 1. The first-order chi connectivity index (χ1) is 17.1. The van der Waals surface area contributed by atoms with E-state index in [2.05, 4.69) is 24.1 Å². The molecular weight excluding hydrogens is 438 g/mol. The molecule has 6 heteroatoms. The SMILES string of the molecule is CCN(CC)CC(O)CNC(=O)c1c(OCc2ccccc2)c2ccccc2n1-c1ccccc1. The molecule has 0 saturated heterocycles. The first-order valence-corrected chi connectivity index (χ1v) is 12.2. The highest BCUT2D eigenvalue weighted by Crippen LogP contribution is 2.36. The molecule has 0 bridgehead atoms. The number of para-hydroxylation sites is 2. The van der Waals surface area contributed by atoms with E-state index < -0.39 is 6.10 Å². The monoisotopic (exact) mass is 471 g/mol. The molecule has 0 saturated carbocycles. The lowest BCUT2D eigenvalue weighted by Gasteiger charge is -2.22. The third-order valence-corrected chi connectivity index (χ3v) is 6.15. The predicted molar refractivity (Wildman–Crippen MR) is 140 cm³/mol. The zero-order valence-electron chi connectivity index (χ0n) is 20.4. The number of amides is 1. The Kier molecular flexibility index (Phi) is 8.19. The van der Waals surface area contributed by atoms with Gasteiger partial charge in [-0.05, 0) is 42.9 Å². The Balaban J connectivity index is 1.71. The smallest absolute Gasteiger partial charge is 0.272 e. The maximum absolute atomic E-state index is 13.6. The van der Waals surface area contributed by atoms with Crippen molar-refractivity contribution in [3.8, 4) is 11.4 Å². The largest absolute Gasteiger partial charge is 0.486 e. The Hall–Kier alpha value is -3.61. The second kappa shape index (κ2) is 11.7. The Labute approximate surface area is 206 Å². The summed E-state index contributed by atoms with van der Waals surface area (Å²) in [6.45, 7) is 6.82. The number of carbonyl (C=O) groups is 1. The van der Waals surface area contributed by atoms with Gasteiger partial charge in [-0.2, -0.15) is 0 Å². The average Bonchev–Trinajstić information content (AvgIpc) is 3.24. The van der Waals surface area contributed by atoms with Crippen LogP contribution in [0.2, 0.25) is 0 Å². The van der Waals surface area contributed by atoms with Crippen LogP contribution in [0.1, 0.15) is 29.9 Å². The first-order valence-electron chi connectivity index (χ1n) is 12.2. The van der Waals surface area contributed by atoms with Crippen LogP contribution in [0, 0.1) is 0 Å². The van der Waals surface area contributed by atoms with Crippen molar-refractivity contribution in [3.63, 3.8) is 0 Å². The van der Waals surface area contributed by atoms with E-state index >= 15 is 0 Å². The number of aromatic nitrogens is 1. The molecule has 1 unspecified atom stereocenters. The molecule has 4 rings (SSSR count). The second-order valence-corrected chi connectivity index (χ2v) is 8.49. The molecule has 1 heterocycles. The van der Waals surface area contributed by atoms with Gasteiger partial charge in [0.2, 0.25) is 0 Å². The molecule has 0 aliphatic heterocycles. The number of nitrogens with one attached hydrogen (secondary N) is 1. The lowest BCUT2D eigenvalue weighted by atomic mass is 10.2. The summed E-state index contributed by atoms with van der Waals surface area (Å²) in [6, 6.07) is 27.6. The Bertz CT molecular complexity index is 1230. The van der Waals surface area contributed by atoms with Crippen molar-refractivity contribution in [1.29, 1.82) is 0 Å². The fraction of sp³-hybridized carbons (Fsp3) is 0.276. The standard InChI is InChI=1S/C29H33N3O3/c1-3-31(4-2)20-24(33)19-30-29(34)27-28(35-21-22-13-7-5-8-14-22)25-17-11-12-18-26(25)32(27)23-15-9-6-10-16-23/h5-18,24,33H,3-4,19-21H2,1-2H3,(H,30,34). The van der Waals surface area contributed by atoms with Gasteiger partial charge in [0.05, 0.1) is 11.6 Å². The number of nitrogens with zero attached hydrogens (tertiary/aromatic N) is 2. The van der Waals surface area contributed by atoms with E-state index in [9.17, 15) is 9.90 Å². The van der Waals surface area contributed by atoms with Gasteiger partial charge >= 0.3 is 0 Å². The van der Waals surface area contributed by atoms with Gasteiger partial charge < -0.3 is 24.6 Å². The minimum Gasteiger partial charge on any atom is -0.486 e. The van der Waals surface area contributed by atoms with Gasteiger partial charge in [-0.25, -0.2) is 0 Å². The van der Waals surface area contributed by atoms with Crippen molar-refractivity contribution in [1.82, 2.24) is 14.8 Å². The summed E-state index contributed by atoms with van der Waals surface area (Å²) >= 11 is 0. The number of benzene rings is 3. The van der Waals surface area contributed by atoms with Gasteiger partial charge in [0.25, 0.3) is 5.91 Å². The van der Waals surface area contributed by atoms with E-state index in [1.54, 1.807) is 0 Å². The molecule has 1 aromatic heterocycles. The maximum atomic E-state index is 13.6. The van der Waals surface area contributed by atoms with Crippen molar-refractivity contribution < 1.29 is 14.6 Å². The number of carbonyl (C=O) groups excluding carboxylic acids is 1. The summed E-state index contributed by atoms with van der Waals surface area (Å²) in [4.78, 5) is 15.8. The molecule has 1 amide bonds. The fourth-order valence-corrected chi connectivity index (χ4v) is 4.27. The number of aliphatic hydroxyl groups is 1. The fourth-order valence-electron chi connectivity index (χ4n) is 4.27. The third-order valence-electron chi connectivity index (χ3n) is 6.15. The van der Waals surface area contributed by atoms with E-state index in [0.29, 0.717) is 24.6 Å². The minimum absolute atomic E-state index is 0.157. The average molecular weight is 472 g/mol. The maximum Gasteiger partial charge on any atom is 0.272 e. The summed E-state index contributed by atoms with van der Waals surface area (Å²) in [6.07, 6.45) is -0.665. The van der Waals surface area contributed by atoms with Gasteiger partial charge in [0, 0.05) is 24.2 Å². The summed E-state index contributed by atoms with van der Waals surface area (Å²) < 4.78 is 8.25. The number of hydrogen-bond donors (Lipinski definition) is 2. The summed E-state index contributed by atoms with van der Waals surface area (Å²) in [7, 11) is 0. The first kappa shape index (κ1) is 24.5. The molecule has 6 nitrogen and oxygen atoms in total. The molecule has 4 aromatic rings. The highest BCUT2D eigenvalue weighted by molar-refractivity contribution is 6.05. The zero-order valence-corrected chi connectivity index (χ0v) is 20.4. The van der Waals surface area contributed by atoms with Crippen LogP contribution in [-0.4, -0.2) is 52.8 Å². The van der Waals surface area contributed by atoms with E-state index in [4.69, 9.17) is 4.74 Å². The molecule has 0 aliphatic rings. The quantitative estimate of drug-likeness (QED) is 0.334. The molecule has 3 aromatic carbocycles. The van der Waals surface area contributed by atoms with Crippen LogP contribution in [0.5, 0.6) is 5.75 Å². The van der Waals surface area contributed by atoms with Crippen molar-refractivity contribution in [2.24, 2.45) is 0 Å². The normalized spacial score (nSPS) is 12.1. The minimum atomic E-state index is -0.665. The number of ether oxygens (including phenoxy) is 1. The van der Waals surface area contributed by atoms with Crippen LogP contribution in [0.25, 0.3) is 16.6 Å². The van der Waals surface area contributed by atoms with Crippen LogP contribution in [0.3, 0.4) is 0 Å². The van der Waals surface area contributed by atoms with Crippen molar-refractivity contribution in [3.05, 3.63) is 96.2 Å². The molecule has 2 N–H and O–H groups in total. The van der Waals surface area contributed by atoms with Crippen molar-refractivity contribution in [2.45, 2.75) is 26.6 Å². The van der Waals surface area contributed by atoms with Gasteiger partial charge in [-0.1, -0.05) is 74.5 Å². The number of hydrogen-bond acceptors (Lipinski definition) is 4.